The zero-order valence-corrected chi connectivity index (χ0v) is 14.7. The number of benzene rings is 1. The Morgan fingerprint density at radius 2 is 1.79 bits per heavy atom. The lowest BCUT2D eigenvalue weighted by Crippen LogP contribution is -2.23. The van der Waals surface area contributed by atoms with E-state index in [-0.39, 0.29) is 0 Å². The van der Waals surface area contributed by atoms with Crippen LogP contribution in [0.5, 0.6) is 0 Å². The van der Waals surface area contributed by atoms with E-state index in [4.69, 9.17) is 4.74 Å². The zero-order chi connectivity index (χ0) is 17.9. The second-order valence-electron chi connectivity index (χ2n) is 5.93. The summed E-state index contributed by atoms with van der Waals surface area (Å²) in [6.07, 6.45) is 3.98. The van der Waals surface area contributed by atoms with E-state index in [0.717, 1.165) is 31.4 Å². The molecule has 5 heteroatoms. The zero-order valence-electron chi connectivity index (χ0n) is 14.7. The van der Waals surface area contributed by atoms with Gasteiger partial charge in [0.1, 0.15) is 0 Å². The van der Waals surface area contributed by atoms with Crippen molar-refractivity contribution in [1.82, 2.24) is 0 Å². The Labute approximate surface area is 144 Å². The van der Waals surface area contributed by atoms with E-state index >= 15 is 0 Å². The van der Waals surface area contributed by atoms with Crippen molar-refractivity contribution in [3.05, 3.63) is 29.8 Å². The topological polar surface area (TPSA) is 77.1 Å². The third-order valence-electron chi connectivity index (χ3n) is 3.88. The van der Waals surface area contributed by atoms with Crippen LogP contribution in [-0.2, 0) is 9.53 Å². The van der Waals surface area contributed by atoms with Gasteiger partial charge in [0, 0.05) is 19.8 Å². The highest BCUT2D eigenvalue weighted by atomic mass is 16.5. The predicted octanol–water partition coefficient (Wildman–Crippen LogP) is 3.62. The van der Waals surface area contributed by atoms with E-state index in [9.17, 15) is 15.3 Å². The average molecular weight is 327 g/mol. The molecule has 0 saturated heterocycles. The van der Waals surface area contributed by atoms with Crippen LogP contribution in [-0.4, -0.2) is 26.7 Å². The summed E-state index contributed by atoms with van der Waals surface area (Å²) in [6, 6.07) is 11.3. The second kappa shape index (κ2) is 10.3. The number of anilines is 1. The van der Waals surface area contributed by atoms with E-state index in [1.807, 2.05) is 37.2 Å². The molecule has 5 nitrogen and oxygen atoms in total. The maximum atomic E-state index is 12.2. The Kier molecular flexibility index (Phi) is 8.36. The molecular weight excluding hydrogens is 302 g/mol. The molecule has 0 heterocycles. The van der Waals surface area contributed by atoms with Crippen molar-refractivity contribution in [2.75, 3.05) is 25.6 Å². The molecule has 0 saturated carbocycles. The van der Waals surface area contributed by atoms with E-state index in [1.54, 1.807) is 12.1 Å². The van der Waals surface area contributed by atoms with Gasteiger partial charge in [-0.3, -0.25) is 4.79 Å². The molecule has 0 spiro atoms. The van der Waals surface area contributed by atoms with Gasteiger partial charge in [0.15, 0.2) is 5.92 Å². The lowest BCUT2D eigenvalue weighted by Gasteiger charge is -2.17. The van der Waals surface area contributed by atoms with E-state index in [0.29, 0.717) is 12.2 Å². The molecule has 0 aliphatic rings. The van der Waals surface area contributed by atoms with Gasteiger partial charge in [0.05, 0.1) is 24.7 Å². The van der Waals surface area contributed by atoms with E-state index in [1.165, 1.54) is 0 Å². The molecule has 1 aromatic rings. The van der Waals surface area contributed by atoms with Gasteiger partial charge in [-0.15, -0.1) is 0 Å². The summed E-state index contributed by atoms with van der Waals surface area (Å²) in [4.78, 5) is 14.1. The van der Waals surface area contributed by atoms with Gasteiger partial charge >= 0.3 is 5.97 Å². The van der Waals surface area contributed by atoms with Gasteiger partial charge in [-0.25, -0.2) is 0 Å². The van der Waals surface area contributed by atoms with Gasteiger partial charge in [-0.05, 0) is 24.1 Å². The Bertz CT molecular complexity index is 597. The number of carbonyl (C=O) groups is 1. The number of nitrogens with zero attached hydrogens (tertiary/aromatic N) is 3. The monoisotopic (exact) mass is 327 g/mol. The first-order chi connectivity index (χ1) is 11.5. The van der Waals surface area contributed by atoms with Crippen LogP contribution < -0.4 is 4.90 Å². The lowest BCUT2D eigenvalue weighted by atomic mass is 9.88. The molecule has 0 bridgehead atoms. The van der Waals surface area contributed by atoms with Crippen molar-refractivity contribution in [2.45, 2.75) is 38.5 Å². The number of rotatable bonds is 9. The van der Waals surface area contributed by atoms with Crippen LogP contribution in [0.1, 0.15) is 44.1 Å². The fraction of sp³-hybridized carbons (Fsp3) is 0.526. The molecule has 2 atom stereocenters. The maximum Gasteiger partial charge on any atom is 0.325 e. The smallest absolute Gasteiger partial charge is 0.325 e. The fourth-order valence-electron chi connectivity index (χ4n) is 2.38. The van der Waals surface area contributed by atoms with Crippen molar-refractivity contribution < 1.29 is 9.53 Å². The predicted molar refractivity (Wildman–Crippen MR) is 93.3 cm³/mol. The normalized spacial score (nSPS) is 12.5. The summed E-state index contributed by atoms with van der Waals surface area (Å²) in [5, 5.41) is 18.8. The SMILES string of the molecule is CCCCCCOC(=O)C(C#N)C(C#N)c1ccc(N(C)C)cc1. The van der Waals surface area contributed by atoms with Crippen molar-refractivity contribution in [2.24, 2.45) is 5.92 Å². The highest BCUT2D eigenvalue weighted by molar-refractivity contribution is 5.77. The lowest BCUT2D eigenvalue weighted by molar-refractivity contribution is -0.147. The van der Waals surface area contributed by atoms with Crippen LogP contribution in [0.25, 0.3) is 0 Å². The minimum Gasteiger partial charge on any atom is -0.465 e. The van der Waals surface area contributed by atoms with Gasteiger partial charge in [0.2, 0.25) is 0 Å². The molecule has 0 fully saturated rings. The highest BCUT2D eigenvalue weighted by Crippen LogP contribution is 2.27. The molecule has 0 aromatic heterocycles. The molecule has 128 valence electrons. The van der Waals surface area contributed by atoms with Crippen molar-refractivity contribution in [1.29, 1.82) is 10.5 Å². The van der Waals surface area contributed by atoms with Crippen LogP contribution in [0, 0.1) is 28.6 Å². The Balaban J connectivity index is 2.74. The van der Waals surface area contributed by atoms with Crippen molar-refractivity contribution in [3.8, 4) is 12.1 Å². The van der Waals surface area contributed by atoms with Crippen molar-refractivity contribution in [3.63, 3.8) is 0 Å². The van der Waals surface area contributed by atoms with Crippen molar-refractivity contribution >= 4 is 11.7 Å². The number of ether oxygens (including phenoxy) is 1. The first-order valence-electron chi connectivity index (χ1n) is 8.28. The van der Waals surface area contributed by atoms with E-state index < -0.39 is 17.8 Å². The number of hydrogen-bond acceptors (Lipinski definition) is 5. The first kappa shape index (κ1) is 19.5. The van der Waals surface area contributed by atoms with Gasteiger partial charge in [-0.1, -0.05) is 38.3 Å². The minimum absolute atomic E-state index is 0.300. The third-order valence-corrected chi connectivity index (χ3v) is 3.88. The van der Waals surface area contributed by atoms with Gasteiger partial charge < -0.3 is 9.64 Å². The summed E-state index contributed by atoms with van der Waals surface area (Å²) in [5.74, 6) is -2.54. The number of esters is 1. The number of carbonyl (C=O) groups excluding carboxylic acids is 1. The second-order valence-corrected chi connectivity index (χ2v) is 5.93. The van der Waals surface area contributed by atoms with E-state index in [2.05, 4.69) is 13.0 Å². The maximum absolute atomic E-state index is 12.2. The fourth-order valence-corrected chi connectivity index (χ4v) is 2.38. The molecule has 0 N–H and O–H groups in total. The minimum atomic E-state index is -1.11. The molecule has 0 radical (unpaired) electrons. The van der Waals surface area contributed by atoms with Crippen LogP contribution in [0.2, 0.25) is 0 Å². The molecule has 0 aliphatic heterocycles. The molecule has 1 rings (SSSR count). The number of hydrogen-bond donors (Lipinski definition) is 0. The van der Waals surface area contributed by atoms with Gasteiger partial charge in [-0.2, -0.15) is 10.5 Å². The summed E-state index contributed by atoms with van der Waals surface area (Å²) < 4.78 is 5.19. The Morgan fingerprint density at radius 3 is 2.29 bits per heavy atom. The molecule has 24 heavy (non-hydrogen) atoms. The third kappa shape index (κ3) is 5.59. The van der Waals surface area contributed by atoms with Gasteiger partial charge in [0.25, 0.3) is 0 Å². The van der Waals surface area contributed by atoms with Crippen LogP contribution in [0.15, 0.2) is 24.3 Å². The summed E-state index contributed by atoms with van der Waals surface area (Å²) in [7, 11) is 3.84. The highest BCUT2D eigenvalue weighted by Gasteiger charge is 2.31. The molecule has 0 aliphatic carbocycles. The summed E-state index contributed by atoms with van der Waals surface area (Å²) >= 11 is 0. The quantitative estimate of drug-likeness (QED) is 0.511. The largest absolute Gasteiger partial charge is 0.465 e. The molecule has 1 aromatic carbocycles. The standard InChI is InChI=1S/C19H25N3O2/c1-4-5-6-7-12-24-19(23)18(14-21)17(13-20)15-8-10-16(11-9-15)22(2)3/h8-11,17-18H,4-7,12H2,1-3H3. The Morgan fingerprint density at radius 1 is 1.12 bits per heavy atom. The summed E-state index contributed by atoms with van der Waals surface area (Å²) in [5.41, 5.74) is 1.64. The van der Waals surface area contributed by atoms with Crippen LogP contribution >= 0.6 is 0 Å². The average Bonchev–Trinajstić information content (AvgIpc) is 2.59. The van der Waals surface area contributed by atoms with Crippen LogP contribution in [0.3, 0.4) is 0 Å². The first-order valence-corrected chi connectivity index (χ1v) is 8.28. The molecule has 2 unspecified atom stereocenters. The summed E-state index contributed by atoms with van der Waals surface area (Å²) in [6.45, 7) is 2.41. The molecular formula is C19H25N3O2. The van der Waals surface area contributed by atoms with Crippen LogP contribution in [0.4, 0.5) is 5.69 Å². The number of unbranched alkanes of at least 4 members (excludes halogenated alkanes) is 3. The molecule has 0 amide bonds. The number of nitriles is 2. The Hall–Kier alpha value is -2.53.